The van der Waals surface area contributed by atoms with E-state index in [1.165, 1.54) is 11.1 Å². The summed E-state index contributed by atoms with van der Waals surface area (Å²) in [7, 11) is 3.59. The lowest BCUT2D eigenvalue weighted by Gasteiger charge is -2.35. The molecule has 8 nitrogen and oxygen atoms in total. The molecule has 0 atom stereocenters. The number of nitrogens with zero attached hydrogens (tertiary/aromatic N) is 5. The van der Waals surface area contributed by atoms with E-state index in [1.807, 2.05) is 30.3 Å². The molecule has 0 spiro atoms. The van der Waals surface area contributed by atoms with Gasteiger partial charge in [-0.1, -0.05) is 31.2 Å². The van der Waals surface area contributed by atoms with E-state index in [4.69, 9.17) is 4.74 Å². The molecule has 156 valence electrons. The van der Waals surface area contributed by atoms with E-state index in [0.29, 0.717) is 26.2 Å². The van der Waals surface area contributed by atoms with Gasteiger partial charge in [0.25, 0.3) is 0 Å². The number of anilines is 1. The zero-order valence-electron chi connectivity index (χ0n) is 17.5. The Morgan fingerprint density at radius 3 is 2.72 bits per heavy atom. The molecule has 2 heterocycles. The molecule has 0 bridgehead atoms. The van der Waals surface area contributed by atoms with Gasteiger partial charge in [-0.3, -0.25) is 14.5 Å². The van der Waals surface area contributed by atoms with Crippen molar-refractivity contribution in [2.75, 3.05) is 38.2 Å². The average molecular weight is 399 g/mol. The number of rotatable bonds is 7. The van der Waals surface area contributed by atoms with Crippen molar-refractivity contribution in [3.8, 4) is 0 Å². The summed E-state index contributed by atoms with van der Waals surface area (Å²) in [5.74, 6) is 0.772. The Morgan fingerprint density at radius 2 is 2.07 bits per heavy atom. The number of aryl methyl sites for hydroxylation is 1. The van der Waals surface area contributed by atoms with E-state index in [1.54, 1.807) is 22.8 Å². The van der Waals surface area contributed by atoms with Crippen molar-refractivity contribution >= 4 is 17.6 Å². The molecule has 3 rings (SSSR count). The first-order valence-corrected chi connectivity index (χ1v) is 10.0. The normalized spacial score (nSPS) is 15.1. The maximum absolute atomic E-state index is 12.7. The monoisotopic (exact) mass is 398 g/mol. The van der Waals surface area contributed by atoms with Gasteiger partial charge in [-0.25, -0.2) is 0 Å². The van der Waals surface area contributed by atoms with E-state index in [-0.39, 0.29) is 12.5 Å². The number of ether oxygens (including phenoxy) is 1. The number of guanidine groups is 1. The molecule has 1 N–H and O–H groups in total. The zero-order chi connectivity index (χ0) is 20.6. The fourth-order valence-electron chi connectivity index (χ4n) is 3.38. The molecule has 1 fully saturated rings. The highest BCUT2D eigenvalue weighted by molar-refractivity contribution is 5.98. The predicted molar refractivity (Wildman–Crippen MR) is 114 cm³/mol. The number of carbonyl (C=O) groups is 1. The highest BCUT2D eigenvalue weighted by Gasteiger charge is 2.27. The topological polar surface area (TPSA) is 75.0 Å². The number of amides is 1. The first-order chi connectivity index (χ1) is 14.1. The Morgan fingerprint density at radius 1 is 1.28 bits per heavy atom. The second-order valence-corrected chi connectivity index (χ2v) is 7.06. The van der Waals surface area contributed by atoms with Gasteiger partial charge in [0.05, 0.1) is 18.5 Å². The predicted octanol–water partition coefficient (Wildman–Crippen LogP) is 1.77. The van der Waals surface area contributed by atoms with E-state index in [0.717, 1.165) is 24.7 Å². The van der Waals surface area contributed by atoms with Gasteiger partial charge < -0.3 is 19.9 Å². The third kappa shape index (κ3) is 5.35. The van der Waals surface area contributed by atoms with Crippen molar-refractivity contribution in [2.45, 2.75) is 26.5 Å². The number of nitrogens with one attached hydrogen (secondary N) is 1. The Kier molecular flexibility index (Phi) is 7.24. The van der Waals surface area contributed by atoms with Gasteiger partial charge in [0.1, 0.15) is 6.54 Å². The molecule has 0 aliphatic carbocycles. The van der Waals surface area contributed by atoms with Crippen LogP contribution in [0.1, 0.15) is 24.5 Å². The lowest BCUT2D eigenvalue weighted by molar-refractivity contribution is -0.120. The lowest BCUT2D eigenvalue weighted by Crippen LogP contribution is -2.55. The largest absolute Gasteiger partial charge is 0.377 e. The SMILES string of the molecule is CCCOCc1ccccc1CNC(=NC)N1CCN(c2cnn(C)c2)C(=O)C1. The van der Waals surface area contributed by atoms with Crippen LogP contribution in [0.5, 0.6) is 0 Å². The fraction of sp³-hybridized carbons (Fsp3) is 0.476. The maximum Gasteiger partial charge on any atom is 0.246 e. The number of hydrogen-bond acceptors (Lipinski definition) is 4. The van der Waals surface area contributed by atoms with Gasteiger partial charge in [-0.15, -0.1) is 0 Å². The van der Waals surface area contributed by atoms with Gasteiger partial charge in [0.15, 0.2) is 5.96 Å². The Balaban J connectivity index is 1.58. The average Bonchev–Trinajstić information content (AvgIpc) is 3.15. The van der Waals surface area contributed by atoms with Crippen LogP contribution in [-0.4, -0.2) is 59.8 Å². The molecule has 1 aromatic carbocycles. The van der Waals surface area contributed by atoms with Crippen molar-refractivity contribution in [1.29, 1.82) is 0 Å². The minimum atomic E-state index is 0.0422. The fourth-order valence-corrected chi connectivity index (χ4v) is 3.38. The number of aromatic nitrogens is 2. The zero-order valence-corrected chi connectivity index (χ0v) is 17.5. The summed E-state index contributed by atoms with van der Waals surface area (Å²) < 4.78 is 7.41. The molecule has 1 aromatic heterocycles. The van der Waals surface area contributed by atoms with Gasteiger partial charge in [-0.2, -0.15) is 5.10 Å². The summed E-state index contributed by atoms with van der Waals surface area (Å²) in [6.07, 6.45) is 4.59. The molecule has 1 aliphatic heterocycles. The van der Waals surface area contributed by atoms with Gasteiger partial charge >= 0.3 is 0 Å². The van der Waals surface area contributed by atoms with Crippen LogP contribution < -0.4 is 10.2 Å². The van der Waals surface area contributed by atoms with Crippen molar-refractivity contribution in [2.24, 2.45) is 12.0 Å². The Hall–Kier alpha value is -2.87. The molecule has 0 unspecified atom stereocenters. The summed E-state index contributed by atoms with van der Waals surface area (Å²) in [6.45, 7) is 5.70. The highest BCUT2D eigenvalue weighted by Crippen LogP contribution is 2.16. The molecule has 1 aliphatic rings. The lowest BCUT2D eigenvalue weighted by atomic mass is 10.1. The van der Waals surface area contributed by atoms with E-state index in [2.05, 4.69) is 34.5 Å². The second kappa shape index (κ2) is 10.1. The Bertz CT molecular complexity index is 847. The van der Waals surface area contributed by atoms with Crippen LogP contribution in [0.25, 0.3) is 0 Å². The highest BCUT2D eigenvalue weighted by atomic mass is 16.5. The second-order valence-electron chi connectivity index (χ2n) is 7.06. The summed E-state index contributed by atoms with van der Waals surface area (Å²) in [5, 5.41) is 7.56. The molecule has 29 heavy (non-hydrogen) atoms. The summed E-state index contributed by atoms with van der Waals surface area (Å²) in [6, 6.07) is 8.24. The molecule has 8 heteroatoms. The van der Waals surface area contributed by atoms with Crippen LogP contribution in [0.4, 0.5) is 5.69 Å². The summed E-state index contributed by atoms with van der Waals surface area (Å²) in [4.78, 5) is 20.8. The standard InChI is InChI=1S/C21H30N6O2/c1-4-11-29-16-18-8-6-5-7-17(18)12-23-21(22-2)26-9-10-27(20(28)15-26)19-13-24-25(3)14-19/h5-8,13-14H,4,9-12,15-16H2,1-3H3,(H,22,23). The minimum absolute atomic E-state index is 0.0422. The van der Waals surface area contributed by atoms with Crippen LogP contribution in [-0.2, 0) is 29.7 Å². The van der Waals surface area contributed by atoms with E-state index < -0.39 is 0 Å². The van der Waals surface area contributed by atoms with E-state index in [9.17, 15) is 4.79 Å². The number of aliphatic imine (C=N–C) groups is 1. The number of benzene rings is 1. The first kappa shape index (κ1) is 20.9. The number of piperazine rings is 1. The summed E-state index contributed by atoms with van der Waals surface area (Å²) >= 11 is 0. The van der Waals surface area contributed by atoms with Gasteiger partial charge in [0, 0.05) is 46.5 Å². The minimum Gasteiger partial charge on any atom is -0.377 e. The van der Waals surface area contributed by atoms with Crippen molar-refractivity contribution < 1.29 is 9.53 Å². The maximum atomic E-state index is 12.7. The van der Waals surface area contributed by atoms with Crippen molar-refractivity contribution in [3.05, 3.63) is 47.8 Å². The number of carbonyl (C=O) groups excluding carboxylic acids is 1. The quantitative estimate of drug-likeness (QED) is 0.437. The van der Waals surface area contributed by atoms with Crippen LogP contribution in [0, 0.1) is 0 Å². The third-order valence-corrected chi connectivity index (χ3v) is 4.90. The van der Waals surface area contributed by atoms with Crippen LogP contribution in [0.2, 0.25) is 0 Å². The number of hydrogen-bond donors (Lipinski definition) is 1. The van der Waals surface area contributed by atoms with Gasteiger partial charge in [0.2, 0.25) is 5.91 Å². The molecular weight excluding hydrogens is 368 g/mol. The molecule has 2 aromatic rings. The van der Waals surface area contributed by atoms with Crippen LogP contribution >= 0.6 is 0 Å². The van der Waals surface area contributed by atoms with Gasteiger partial charge in [-0.05, 0) is 17.5 Å². The van der Waals surface area contributed by atoms with Crippen molar-refractivity contribution in [1.82, 2.24) is 20.0 Å². The molecular formula is C21H30N6O2. The molecule has 0 radical (unpaired) electrons. The van der Waals surface area contributed by atoms with E-state index >= 15 is 0 Å². The Labute approximate surface area is 172 Å². The van der Waals surface area contributed by atoms with Crippen LogP contribution in [0.15, 0.2) is 41.7 Å². The van der Waals surface area contributed by atoms with Crippen molar-refractivity contribution in [3.63, 3.8) is 0 Å². The smallest absolute Gasteiger partial charge is 0.246 e. The molecule has 1 amide bonds. The first-order valence-electron chi connectivity index (χ1n) is 10.0. The summed E-state index contributed by atoms with van der Waals surface area (Å²) in [5.41, 5.74) is 3.17. The molecule has 1 saturated heterocycles. The molecule has 0 saturated carbocycles. The van der Waals surface area contributed by atoms with Crippen LogP contribution in [0.3, 0.4) is 0 Å². The third-order valence-electron chi connectivity index (χ3n) is 4.90.